The number of carbonyl (C=O) groups excluding carboxylic acids is 2. The Kier molecular flexibility index (Phi) is 7.49. The Balaban J connectivity index is 1.32. The number of nitrogens with one attached hydrogen (secondary N) is 2. The van der Waals surface area contributed by atoms with Crippen LogP contribution < -0.4 is 10.6 Å². The van der Waals surface area contributed by atoms with Crippen LogP contribution in [0.3, 0.4) is 0 Å². The van der Waals surface area contributed by atoms with Crippen LogP contribution in [-0.4, -0.2) is 79.8 Å². The average Bonchev–Trinajstić information content (AvgIpc) is 3.13. The van der Waals surface area contributed by atoms with E-state index in [0.717, 1.165) is 58.6 Å². The molecule has 7 nitrogen and oxygen atoms in total. The van der Waals surface area contributed by atoms with Crippen LogP contribution >= 0.6 is 0 Å². The SMILES string of the molecule is C[C@@H]1[C@H](C)CCC[C@@H]1NC(=O)NC(=O)CN1CCN(C[C@@H]2CCCO2)CC1. The van der Waals surface area contributed by atoms with Crippen molar-refractivity contribution in [3.8, 4) is 0 Å². The van der Waals surface area contributed by atoms with E-state index in [-0.39, 0.29) is 24.5 Å². The molecular formula is C20H36N4O3. The van der Waals surface area contributed by atoms with Crippen LogP contribution in [0.2, 0.25) is 0 Å². The van der Waals surface area contributed by atoms with E-state index < -0.39 is 0 Å². The van der Waals surface area contributed by atoms with Crippen LogP contribution in [-0.2, 0) is 9.53 Å². The smallest absolute Gasteiger partial charge is 0.321 e. The van der Waals surface area contributed by atoms with E-state index in [1.807, 2.05) is 0 Å². The molecule has 1 aliphatic carbocycles. The van der Waals surface area contributed by atoms with Gasteiger partial charge >= 0.3 is 6.03 Å². The second-order valence-electron chi connectivity index (χ2n) is 8.61. The highest BCUT2D eigenvalue weighted by atomic mass is 16.5. The fourth-order valence-corrected chi connectivity index (χ4v) is 4.57. The van der Waals surface area contributed by atoms with Gasteiger partial charge in [0.15, 0.2) is 0 Å². The maximum atomic E-state index is 12.2. The maximum Gasteiger partial charge on any atom is 0.321 e. The lowest BCUT2D eigenvalue weighted by Gasteiger charge is -2.35. The van der Waals surface area contributed by atoms with Crippen molar-refractivity contribution in [2.45, 2.75) is 58.1 Å². The highest BCUT2D eigenvalue weighted by Gasteiger charge is 2.29. The maximum absolute atomic E-state index is 12.2. The molecule has 0 aromatic carbocycles. The van der Waals surface area contributed by atoms with Gasteiger partial charge in [0.25, 0.3) is 0 Å². The van der Waals surface area contributed by atoms with E-state index in [1.54, 1.807) is 0 Å². The van der Waals surface area contributed by atoms with Crippen LogP contribution in [0.25, 0.3) is 0 Å². The van der Waals surface area contributed by atoms with Gasteiger partial charge in [-0.15, -0.1) is 0 Å². The summed E-state index contributed by atoms with van der Waals surface area (Å²) < 4.78 is 5.70. The topological polar surface area (TPSA) is 73.9 Å². The van der Waals surface area contributed by atoms with Gasteiger partial charge in [0.1, 0.15) is 0 Å². The summed E-state index contributed by atoms with van der Waals surface area (Å²) in [6.07, 6.45) is 6.08. The number of imide groups is 1. The lowest BCUT2D eigenvalue weighted by atomic mass is 9.78. The van der Waals surface area contributed by atoms with Crippen molar-refractivity contribution in [3.05, 3.63) is 0 Å². The zero-order valence-electron chi connectivity index (χ0n) is 16.9. The minimum atomic E-state index is -0.344. The van der Waals surface area contributed by atoms with Crippen LogP contribution in [0, 0.1) is 11.8 Å². The molecule has 0 spiro atoms. The summed E-state index contributed by atoms with van der Waals surface area (Å²) in [4.78, 5) is 28.9. The third-order valence-electron chi connectivity index (χ3n) is 6.59. The lowest BCUT2D eigenvalue weighted by Crippen LogP contribution is -2.53. The third-order valence-corrected chi connectivity index (χ3v) is 6.59. The number of urea groups is 1. The number of amides is 3. The first-order chi connectivity index (χ1) is 13.0. The minimum absolute atomic E-state index is 0.169. The van der Waals surface area contributed by atoms with Gasteiger partial charge in [-0.25, -0.2) is 4.79 Å². The largest absolute Gasteiger partial charge is 0.377 e. The molecule has 2 heterocycles. The molecule has 0 unspecified atom stereocenters. The normalized spacial score (nSPS) is 33.0. The van der Waals surface area contributed by atoms with E-state index in [0.29, 0.717) is 17.9 Å². The van der Waals surface area contributed by atoms with E-state index in [9.17, 15) is 9.59 Å². The van der Waals surface area contributed by atoms with Crippen LogP contribution in [0.1, 0.15) is 46.0 Å². The number of carbonyl (C=O) groups is 2. The molecule has 3 fully saturated rings. The summed E-state index contributed by atoms with van der Waals surface area (Å²) in [5.74, 6) is 0.860. The Bertz CT molecular complexity index is 501. The highest BCUT2D eigenvalue weighted by Crippen LogP contribution is 2.29. The van der Waals surface area contributed by atoms with Crippen molar-refractivity contribution in [1.29, 1.82) is 0 Å². The molecule has 0 aromatic rings. The standard InChI is InChI=1S/C20H36N4O3/c1-15-5-3-7-18(16(15)2)21-20(26)22-19(25)14-24-10-8-23(9-11-24)13-17-6-4-12-27-17/h15-18H,3-14H2,1-2H3,(H2,21,22,25,26)/t15-,16-,17+,18+/m1/s1. The molecule has 27 heavy (non-hydrogen) atoms. The van der Waals surface area contributed by atoms with Crippen molar-refractivity contribution < 1.29 is 14.3 Å². The van der Waals surface area contributed by atoms with Crippen LogP contribution in [0.15, 0.2) is 0 Å². The van der Waals surface area contributed by atoms with Gasteiger partial charge in [-0.2, -0.15) is 0 Å². The molecule has 3 amide bonds. The number of piperazine rings is 1. The fraction of sp³-hybridized carbons (Fsp3) is 0.900. The second-order valence-corrected chi connectivity index (χ2v) is 8.61. The first kappa shape index (κ1) is 20.6. The summed E-state index contributed by atoms with van der Waals surface area (Å²) in [5, 5.41) is 5.52. The monoisotopic (exact) mass is 380 g/mol. The Morgan fingerprint density at radius 1 is 1.00 bits per heavy atom. The summed E-state index contributed by atoms with van der Waals surface area (Å²) in [6, 6.07) is -0.175. The van der Waals surface area contributed by atoms with E-state index >= 15 is 0 Å². The number of ether oxygens (including phenoxy) is 1. The molecule has 7 heteroatoms. The summed E-state index contributed by atoms with van der Waals surface area (Å²) in [7, 11) is 0. The molecule has 0 radical (unpaired) electrons. The van der Waals surface area contributed by atoms with Gasteiger partial charge < -0.3 is 10.1 Å². The summed E-state index contributed by atoms with van der Waals surface area (Å²) in [5.41, 5.74) is 0. The minimum Gasteiger partial charge on any atom is -0.377 e. The molecule has 3 aliphatic rings. The first-order valence-corrected chi connectivity index (χ1v) is 10.7. The Morgan fingerprint density at radius 2 is 1.74 bits per heavy atom. The van der Waals surface area contributed by atoms with Gasteiger partial charge in [-0.05, 0) is 31.1 Å². The molecule has 2 saturated heterocycles. The number of rotatable bonds is 5. The van der Waals surface area contributed by atoms with Gasteiger partial charge in [0, 0.05) is 45.4 Å². The molecular weight excluding hydrogens is 344 g/mol. The molecule has 0 bridgehead atoms. The van der Waals surface area contributed by atoms with Gasteiger partial charge in [-0.3, -0.25) is 19.9 Å². The predicted molar refractivity (Wildman–Crippen MR) is 104 cm³/mol. The van der Waals surface area contributed by atoms with Crippen molar-refractivity contribution in [1.82, 2.24) is 20.4 Å². The fourth-order valence-electron chi connectivity index (χ4n) is 4.57. The second kappa shape index (κ2) is 9.85. The van der Waals surface area contributed by atoms with E-state index in [4.69, 9.17) is 4.74 Å². The quantitative estimate of drug-likeness (QED) is 0.755. The van der Waals surface area contributed by atoms with Crippen LogP contribution in [0.4, 0.5) is 4.79 Å². The zero-order chi connectivity index (χ0) is 19.2. The number of nitrogens with zero attached hydrogens (tertiary/aromatic N) is 2. The highest BCUT2D eigenvalue weighted by molar-refractivity contribution is 5.95. The Morgan fingerprint density at radius 3 is 2.44 bits per heavy atom. The van der Waals surface area contributed by atoms with E-state index in [1.165, 1.54) is 12.8 Å². The molecule has 0 aromatic heterocycles. The molecule has 154 valence electrons. The average molecular weight is 381 g/mol. The van der Waals surface area contributed by atoms with Crippen molar-refractivity contribution in [2.75, 3.05) is 45.9 Å². The third kappa shape index (κ3) is 6.16. The zero-order valence-corrected chi connectivity index (χ0v) is 16.9. The van der Waals surface area contributed by atoms with Gasteiger partial charge in [0.05, 0.1) is 12.6 Å². The van der Waals surface area contributed by atoms with Crippen LogP contribution in [0.5, 0.6) is 0 Å². The first-order valence-electron chi connectivity index (χ1n) is 10.7. The Labute approximate surface area is 163 Å². The molecule has 2 N–H and O–H groups in total. The molecule has 2 aliphatic heterocycles. The van der Waals surface area contributed by atoms with Gasteiger partial charge in [-0.1, -0.05) is 26.7 Å². The molecule has 3 rings (SSSR count). The molecule has 4 atom stereocenters. The predicted octanol–water partition coefficient (Wildman–Crippen LogP) is 1.43. The summed E-state index contributed by atoms with van der Waals surface area (Å²) in [6.45, 7) is 10.2. The van der Waals surface area contributed by atoms with Crippen molar-refractivity contribution in [3.63, 3.8) is 0 Å². The number of hydrogen-bond donors (Lipinski definition) is 2. The van der Waals surface area contributed by atoms with Crippen molar-refractivity contribution >= 4 is 11.9 Å². The van der Waals surface area contributed by atoms with E-state index in [2.05, 4.69) is 34.3 Å². The Hall–Kier alpha value is -1.18. The molecule has 1 saturated carbocycles. The van der Waals surface area contributed by atoms with Gasteiger partial charge in [0.2, 0.25) is 5.91 Å². The summed E-state index contributed by atoms with van der Waals surface area (Å²) >= 11 is 0. The lowest BCUT2D eigenvalue weighted by molar-refractivity contribution is -0.121. The number of hydrogen-bond acceptors (Lipinski definition) is 5. The van der Waals surface area contributed by atoms with Crippen molar-refractivity contribution in [2.24, 2.45) is 11.8 Å².